The number of carbonyl (C=O) groups excluding carboxylic acids is 1. The van der Waals surface area contributed by atoms with Crippen molar-refractivity contribution < 1.29 is 9.18 Å². The summed E-state index contributed by atoms with van der Waals surface area (Å²) in [5.74, 6) is 1.14. The van der Waals surface area contributed by atoms with Crippen molar-refractivity contribution in [2.24, 2.45) is 10.9 Å². The first-order valence-corrected chi connectivity index (χ1v) is 8.55. The highest BCUT2D eigenvalue weighted by Gasteiger charge is 2.20. The largest absolute Gasteiger partial charge is 0.356 e. The SMILES string of the molecule is CN=C(NCCC(=O)N1CCCC(C)C1)NCc1cccc(F)c1.I. The monoisotopic (exact) mass is 462 g/mol. The molecule has 7 heteroatoms. The van der Waals surface area contributed by atoms with Crippen LogP contribution in [0.1, 0.15) is 31.7 Å². The van der Waals surface area contributed by atoms with E-state index in [0.29, 0.717) is 31.4 Å². The smallest absolute Gasteiger partial charge is 0.224 e. The highest BCUT2D eigenvalue weighted by atomic mass is 127. The maximum Gasteiger partial charge on any atom is 0.224 e. The zero-order valence-electron chi connectivity index (χ0n) is 14.9. The van der Waals surface area contributed by atoms with Gasteiger partial charge in [0.1, 0.15) is 5.82 Å². The average Bonchev–Trinajstić information content (AvgIpc) is 2.57. The molecule has 1 fully saturated rings. The number of nitrogens with zero attached hydrogens (tertiary/aromatic N) is 2. The molecule has 1 aliphatic rings. The normalized spacial score (nSPS) is 17.6. The van der Waals surface area contributed by atoms with E-state index in [1.165, 1.54) is 18.6 Å². The van der Waals surface area contributed by atoms with Gasteiger partial charge in [-0.1, -0.05) is 19.1 Å². The molecular weight excluding hydrogens is 434 g/mol. The van der Waals surface area contributed by atoms with Crippen molar-refractivity contribution >= 4 is 35.8 Å². The van der Waals surface area contributed by atoms with E-state index >= 15 is 0 Å². The summed E-state index contributed by atoms with van der Waals surface area (Å²) in [6.45, 7) is 4.94. The summed E-state index contributed by atoms with van der Waals surface area (Å²) in [4.78, 5) is 18.3. The molecule has 2 N–H and O–H groups in total. The number of benzene rings is 1. The van der Waals surface area contributed by atoms with E-state index in [1.807, 2.05) is 11.0 Å². The summed E-state index contributed by atoms with van der Waals surface area (Å²) >= 11 is 0. The summed E-state index contributed by atoms with van der Waals surface area (Å²) in [7, 11) is 1.68. The van der Waals surface area contributed by atoms with E-state index in [4.69, 9.17) is 0 Å². The van der Waals surface area contributed by atoms with Gasteiger partial charge in [-0.05, 0) is 36.5 Å². The lowest BCUT2D eigenvalue weighted by atomic mass is 10.00. The Bertz CT molecular complexity index is 582. The predicted octanol–water partition coefficient (Wildman–Crippen LogP) is 2.76. The number of carbonyl (C=O) groups is 1. The molecule has 0 radical (unpaired) electrons. The van der Waals surface area contributed by atoms with Gasteiger partial charge in [-0.15, -0.1) is 24.0 Å². The molecule has 2 rings (SSSR count). The second kappa shape index (κ2) is 11.3. The minimum Gasteiger partial charge on any atom is -0.356 e. The quantitative estimate of drug-likeness (QED) is 0.402. The van der Waals surface area contributed by atoms with E-state index < -0.39 is 0 Å². The number of guanidine groups is 1. The van der Waals surface area contributed by atoms with Crippen molar-refractivity contribution in [1.29, 1.82) is 0 Å². The third-order valence-corrected chi connectivity index (χ3v) is 4.21. The zero-order chi connectivity index (χ0) is 17.4. The van der Waals surface area contributed by atoms with Crippen molar-refractivity contribution in [1.82, 2.24) is 15.5 Å². The van der Waals surface area contributed by atoms with E-state index in [-0.39, 0.29) is 35.7 Å². The first-order chi connectivity index (χ1) is 11.6. The molecule has 0 aliphatic carbocycles. The molecule has 0 spiro atoms. The average molecular weight is 462 g/mol. The van der Waals surface area contributed by atoms with Gasteiger partial charge in [-0.3, -0.25) is 9.79 Å². The number of hydrogen-bond donors (Lipinski definition) is 2. The Kier molecular flexibility index (Phi) is 9.77. The fourth-order valence-electron chi connectivity index (χ4n) is 2.92. The lowest BCUT2D eigenvalue weighted by Gasteiger charge is -2.31. The standard InChI is InChI=1S/C18H27FN4O.HI/c1-14-5-4-10-23(13-14)17(24)8-9-21-18(20-2)22-12-15-6-3-7-16(19)11-15;/h3,6-7,11,14H,4-5,8-10,12-13H2,1-2H3,(H2,20,21,22);1H. The van der Waals surface area contributed by atoms with Crippen LogP contribution in [0.25, 0.3) is 0 Å². The van der Waals surface area contributed by atoms with Crippen molar-refractivity contribution in [3.63, 3.8) is 0 Å². The summed E-state index contributed by atoms with van der Waals surface area (Å²) in [5, 5.41) is 6.25. The van der Waals surface area contributed by atoms with Crippen LogP contribution in [0, 0.1) is 11.7 Å². The predicted molar refractivity (Wildman–Crippen MR) is 110 cm³/mol. The maximum absolute atomic E-state index is 13.2. The summed E-state index contributed by atoms with van der Waals surface area (Å²) in [5.41, 5.74) is 0.844. The van der Waals surface area contributed by atoms with Crippen molar-refractivity contribution in [2.45, 2.75) is 32.7 Å². The van der Waals surface area contributed by atoms with E-state index in [1.54, 1.807) is 13.1 Å². The Labute approximate surface area is 166 Å². The third kappa shape index (κ3) is 7.58. The summed E-state index contributed by atoms with van der Waals surface area (Å²) in [6.07, 6.45) is 2.75. The minimum atomic E-state index is -0.251. The molecule has 1 heterocycles. The Morgan fingerprint density at radius 2 is 2.20 bits per heavy atom. The number of likely N-dealkylation sites (tertiary alicyclic amines) is 1. The van der Waals surface area contributed by atoms with E-state index in [0.717, 1.165) is 25.1 Å². The van der Waals surface area contributed by atoms with Crippen LogP contribution in [-0.2, 0) is 11.3 Å². The van der Waals surface area contributed by atoms with Crippen LogP contribution < -0.4 is 10.6 Å². The second-order valence-corrected chi connectivity index (χ2v) is 6.32. The van der Waals surface area contributed by atoms with Gasteiger partial charge in [0.25, 0.3) is 0 Å². The van der Waals surface area contributed by atoms with Crippen molar-refractivity contribution in [2.75, 3.05) is 26.7 Å². The van der Waals surface area contributed by atoms with Crippen LogP contribution in [-0.4, -0.2) is 43.4 Å². The number of halogens is 2. The molecule has 1 atom stereocenters. The van der Waals surface area contributed by atoms with Gasteiger partial charge in [0.2, 0.25) is 5.91 Å². The number of hydrogen-bond acceptors (Lipinski definition) is 2. The first-order valence-electron chi connectivity index (χ1n) is 8.55. The molecule has 5 nitrogen and oxygen atoms in total. The topological polar surface area (TPSA) is 56.7 Å². The fraction of sp³-hybridized carbons (Fsp3) is 0.556. The van der Waals surface area contributed by atoms with Crippen molar-refractivity contribution in [3.8, 4) is 0 Å². The Hall–Kier alpha value is -1.38. The molecule has 1 aliphatic heterocycles. The van der Waals surface area contributed by atoms with E-state index in [9.17, 15) is 9.18 Å². The Morgan fingerprint density at radius 3 is 2.88 bits per heavy atom. The lowest BCUT2D eigenvalue weighted by Crippen LogP contribution is -2.42. The lowest BCUT2D eigenvalue weighted by molar-refractivity contribution is -0.132. The maximum atomic E-state index is 13.2. The zero-order valence-corrected chi connectivity index (χ0v) is 17.3. The highest BCUT2D eigenvalue weighted by Crippen LogP contribution is 2.15. The van der Waals surface area contributed by atoms with Crippen LogP contribution in [0.2, 0.25) is 0 Å². The number of amides is 1. The number of rotatable bonds is 5. The number of piperidine rings is 1. The molecule has 1 aromatic carbocycles. The van der Waals surface area contributed by atoms with Gasteiger partial charge in [-0.2, -0.15) is 0 Å². The summed E-state index contributed by atoms with van der Waals surface area (Å²) < 4.78 is 13.2. The number of nitrogens with one attached hydrogen (secondary N) is 2. The van der Waals surface area contributed by atoms with Crippen LogP contribution in [0.5, 0.6) is 0 Å². The molecule has 0 bridgehead atoms. The highest BCUT2D eigenvalue weighted by molar-refractivity contribution is 14.0. The molecule has 140 valence electrons. The second-order valence-electron chi connectivity index (χ2n) is 6.32. The molecular formula is C18H28FIN4O. The van der Waals surface area contributed by atoms with Gasteiger partial charge in [0.15, 0.2) is 5.96 Å². The van der Waals surface area contributed by atoms with Gasteiger partial charge < -0.3 is 15.5 Å². The molecule has 25 heavy (non-hydrogen) atoms. The van der Waals surface area contributed by atoms with Crippen LogP contribution >= 0.6 is 24.0 Å². The number of aliphatic imine (C=N–C) groups is 1. The van der Waals surface area contributed by atoms with Crippen LogP contribution in [0.4, 0.5) is 4.39 Å². The van der Waals surface area contributed by atoms with Gasteiger partial charge >= 0.3 is 0 Å². The Morgan fingerprint density at radius 1 is 1.40 bits per heavy atom. The van der Waals surface area contributed by atoms with Crippen LogP contribution in [0.3, 0.4) is 0 Å². The Balaban J connectivity index is 0.00000312. The fourth-order valence-corrected chi connectivity index (χ4v) is 2.92. The molecule has 0 saturated carbocycles. The molecule has 1 amide bonds. The van der Waals surface area contributed by atoms with Gasteiger partial charge in [0.05, 0.1) is 0 Å². The van der Waals surface area contributed by atoms with E-state index in [2.05, 4.69) is 22.5 Å². The van der Waals surface area contributed by atoms with Crippen molar-refractivity contribution in [3.05, 3.63) is 35.6 Å². The molecule has 1 saturated heterocycles. The minimum absolute atomic E-state index is 0. The van der Waals surface area contributed by atoms with Crippen LogP contribution in [0.15, 0.2) is 29.3 Å². The first kappa shape index (κ1) is 21.7. The van der Waals surface area contributed by atoms with Gasteiger partial charge in [0, 0.05) is 39.6 Å². The summed E-state index contributed by atoms with van der Waals surface area (Å²) in [6, 6.07) is 6.44. The van der Waals surface area contributed by atoms with Gasteiger partial charge in [-0.25, -0.2) is 4.39 Å². The third-order valence-electron chi connectivity index (χ3n) is 4.21. The molecule has 0 aromatic heterocycles. The molecule has 1 aromatic rings. The molecule has 1 unspecified atom stereocenters.